The van der Waals surface area contributed by atoms with Crippen LogP contribution in [0.4, 0.5) is 0 Å². The first kappa shape index (κ1) is 8.50. The van der Waals surface area contributed by atoms with Crippen LogP contribution in [0.25, 0.3) is 0 Å². The van der Waals surface area contributed by atoms with Crippen LogP contribution in [0.15, 0.2) is 12.3 Å². The van der Waals surface area contributed by atoms with Gasteiger partial charge >= 0.3 is 0 Å². The van der Waals surface area contributed by atoms with Crippen LogP contribution in [0, 0.1) is 6.92 Å². The molecule has 0 spiro atoms. The molecule has 0 aliphatic rings. The summed E-state index contributed by atoms with van der Waals surface area (Å²) in [6, 6.07) is 1.91. The largest absolute Gasteiger partial charge is 0.324 e. The van der Waals surface area contributed by atoms with E-state index in [4.69, 9.17) is 17.3 Å². The molecule has 0 amide bonds. The summed E-state index contributed by atoms with van der Waals surface area (Å²) in [5, 5.41) is 0.505. The summed E-state index contributed by atoms with van der Waals surface area (Å²) >= 11 is 5.80. The van der Waals surface area contributed by atoms with Gasteiger partial charge in [0.2, 0.25) is 0 Å². The van der Waals surface area contributed by atoms with Crippen molar-refractivity contribution in [1.82, 2.24) is 4.98 Å². The van der Waals surface area contributed by atoms with Crippen molar-refractivity contribution in [3.05, 3.63) is 28.5 Å². The molecule has 0 unspecified atom stereocenters. The van der Waals surface area contributed by atoms with Crippen LogP contribution in [-0.4, -0.2) is 4.98 Å². The average molecular weight is 171 g/mol. The lowest BCUT2D eigenvalue weighted by Crippen LogP contribution is -2.06. The van der Waals surface area contributed by atoms with Crippen LogP contribution in [0.5, 0.6) is 0 Å². The highest BCUT2D eigenvalue weighted by Gasteiger charge is 2.05. The molecule has 60 valence electrons. The first-order valence-corrected chi connectivity index (χ1v) is 3.86. The third-order valence-electron chi connectivity index (χ3n) is 1.49. The molecule has 1 rings (SSSR count). The molecule has 1 aromatic heterocycles. The second-order valence-electron chi connectivity index (χ2n) is 2.68. The van der Waals surface area contributed by atoms with Gasteiger partial charge in [0, 0.05) is 17.8 Å². The number of rotatable bonds is 1. The van der Waals surface area contributed by atoms with Crippen molar-refractivity contribution in [3.63, 3.8) is 0 Å². The predicted molar refractivity (Wildman–Crippen MR) is 46.6 cm³/mol. The lowest BCUT2D eigenvalue weighted by Gasteiger charge is -2.07. The van der Waals surface area contributed by atoms with E-state index in [1.165, 1.54) is 0 Å². The first-order valence-electron chi connectivity index (χ1n) is 3.49. The second kappa shape index (κ2) is 3.20. The maximum atomic E-state index is 5.80. The van der Waals surface area contributed by atoms with Crippen LogP contribution in [-0.2, 0) is 0 Å². The third-order valence-corrected chi connectivity index (χ3v) is 1.81. The minimum absolute atomic E-state index is 0.0464. The molecular formula is C8H11ClN2. The van der Waals surface area contributed by atoms with Gasteiger partial charge < -0.3 is 5.73 Å². The molecule has 3 heteroatoms. The number of aryl methyl sites for hydroxylation is 1. The zero-order valence-corrected chi connectivity index (χ0v) is 7.39. The highest BCUT2D eigenvalue weighted by atomic mass is 35.5. The van der Waals surface area contributed by atoms with Gasteiger partial charge in [0.25, 0.3) is 0 Å². The Bertz CT molecular complexity index is 258. The average Bonchev–Trinajstić information content (AvgIpc) is 1.94. The Hall–Kier alpha value is -0.600. The molecule has 1 heterocycles. The quantitative estimate of drug-likeness (QED) is 0.656. The van der Waals surface area contributed by atoms with Crippen molar-refractivity contribution < 1.29 is 0 Å². The summed E-state index contributed by atoms with van der Waals surface area (Å²) < 4.78 is 0. The molecule has 1 atom stereocenters. The number of pyridine rings is 1. The van der Waals surface area contributed by atoms with Gasteiger partial charge in [0.1, 0.15) is 5.15 Å². The fourth-order valence-electron chi connectivity index (χ4n) is 0.894. The number of nitrogens with zero attached hydrogens (tertiary/aromatic N) is 1. The highest BCUT2D eigenvalue weighted by Crippen LogP contribution is 2.19. The van der Waals surface area contributed by atoms with Crippen LogP contribution in [0.3, 0.4) is 0 Å². The summed E-state index contributed by atoms with van der Waals surface area (Å²) in [4.78, 5) is 3.99. The molecule has 0 aliphatic heterocycles. The zero-order valence-electron chi connectivity index (χ0n) is 6.63. The van der Waals surface area contributed by atoms with E-state index in [0.717, 1.165) is 11.1 Å². The Kier molecular flexibility index (Phi) is 2.47. The Labute approximate surface area is 71.4 Å². The van der Waals surface area contributed by atoms with Crippen LogP contribution < -0.4 is 5.73 Å². The van der Waals surface area contributed by atoms with E-state index in [0.29, 0.717) is 5.15 Å². The predicted octanol–water partition coefficient (Wildman–Crippen LogP) is 2.06. The number of nitrogens with two attached hydrogens (primary N) is 1. The maximum absolute atomic E-state index is 5.80. The number of halogens is 1. The minimum atomic E-state index is -0.0464. The minimum Gasteiger partial charge on any atom is -0.324 e. The number of hydrogen-bond acceptors (Lipinski definition) is 2. The summed E-state index contributed by atoms with van der Waals surface area (Å²) in [6.45, 7) is 3.86. The van der Waals surface area contributed by atoms with Crippen molar-refractivity contribution >= 4 is 11.6 Å². The van der Waals surface area contributed by atoms with Gasteiger partial charge in [-0.15, -0.1) is 0 Å². The van der Waals surface area contributed by atoms with E-state index in [2.05, 4.69) is 4.98 Å². The van der Waals surface area contributed by atoms with Gasteiger partial charge in [-0.3, -0.25) is 0 Å². The van der Waals surface area contributed by atoms with E-state index in [1.807, 2.05) is 19.9 Å². The molecule has 1 aromatic rings. The van der Waals surface area contributed by atoms with Crippen molar-refractivity contribution in [1.29, 1.82) is 0 Å². The van der Waals surface area contributed by atoms with Crippen molar-refractivity contribution in [3.8, 4) is 0 Å². The van der Waals surface area contributed by atoms with Gasteiger partial charge in [0.05, 0.1) is 0 Å². The standard InChI is InChI=1S/C8H11ClN2/c1-5-3-7(6(2)10)8(9)11-4-5/h3-4,6H,10H2,1-2H3/t6-/m0/s1. The second-order valence-corrected chi connectivity index (χ2v) is 3.04. The van der Waals surface area contributed by atoms with Gasteiger partial charge in [-0.25, -0.2) is 4.98 Å². The molecule has 2 N–H and O–H groups in total. The first-order chi connectivity index (χ1) is 5.11. The lowest BCUT2D eigenvalue weighted by atomic mass is 10.1. The molecule has 0 aliphatic carbocycles. The smallest absolute Gasteiger partial charge is 0.133 e. The van der Waals surface area contributed by atoms with Gasteiger partial charge in [-0.05, 0) is 25.5 Å². The molecule has 11 heavy (non-hydrogen) atoms. The lowest BCUT2D eigenvalue weighted by molar-refractivity contribution is 0.810. The van der Waals surface area contributed by atoms with E-state index >= 15 is 0 Å². The highest BCUT2D eigenvalue weighted by molar-refractivity contribution is 6.30. The zero-order chi connectivity index (χ0) is 8.43. The van der Waals surface area contributed by atoms with Gasteiger partial charge in [-0.2, -0.15) is 0 Å². The van der Waals surface area contributed by atoms with Crippen LogP contribution >= 0.6 is 11.6 Å². The fourth-order valence-corrected chi connectivity index (χ4v) is 1.17. The molecule has 0 aromatic carbocycles. The van der Waals surface area contributed by atoms with Crippen LogP contribution in [0.2, 0.25) is 5.15 Å². The fraction of sp³-hybridized carbons (Fsp3) is 0.375. The van der Waals surface area contributed by atoms with E-state index < -0.39 is 0 Å². The molecule has 0 saturated carbocycles. The van der Waals surface area contributed by atoms with E-state index in [1.54, 1.807) is 6.20 Å². The Morgan fingerprint density at radius 1 is 1.64 bits per heavy atom. The molecule has 0 fully saturated rings. The van der Waals surface area contributed by atoms with Crippen LogP contribution in [0.1, 0.15) is 24.1 Å². The Morgan fingerprint density at radius 2 is 2.27 bits per heavy atom. The Balaban J connectivity index is 3.13. The van der Waals surface area contributed by atoms with E-state index in [-0.39, 0.29) is 6.04 Å². The molecule has 2 nitrogen and oxygen atoms in total. The SMILES string of the molecule is Cc1cnc(Cl)c([C@H](C)N)c1. The topological polar surface area (TPSA) is 38.9 Å². The summed E-state index contributed by atoms with van der Waals surface area (Å²) in [6.07, 6.45) is 1.73. The molecule has 0 bridgehead atoms. The van der Waals surface area contributed by atoms with Crippen molar-refractivity contribution in [2.24, 2.45) is 5.73 Å². The number of hydrogen-bond donors (Lipinski definition) is 1. The summed E-state index contributed by atoms with van der Waals surface area (Å²) in [5.74, 6) is 0. The van der Waals surface area contributed by atoms with Crippen molar-refractivity contribution in [2.75, 3.05) is 0 Å². The maximum Gasteiger partial charge on any atom is 0.133 e. The van der Waals surface area contributed by atoms with Crippen molar-refractivity contribution in [2.45, 2.75) is 19.9 Å². The van der Waals surface area contributed by atoms with Gasteiger partial charge in [0.15, 0.2) is 0 Å². The van der Waals surface area contributed by atoms with E-state index in [9.17, 15) is 0 Å². The third kappa shape index (κ3) is 1.91. The molecular weight excluding hydrogens is 160 g/mol. The Morgan fingerprint density at radius 3 is 2.73 bits per heavy atom. The molecule has 0 radical (unpaired) electrons. The summed E-state index contributed by atoms with van der Waals surface area (Å²) in [5.41, 5.74) is 7.65. The number of aromatic nitrogens is 1. The molecule has 0 saturated heterocycles. The van der Waals surface area contributed by atoms with Gasteiger partial charge in [-0.1, -0.05) is 11.6 Å². The summed E-state index contributed by atoms with van der Waals surface area (Å²) in [7, 11) is 0. The normalized spacial score (nSPS) is 13.1. The monoisotopic (exact) mass is 170 g/mol.